The van der Waals surface area contributed by atoms with Gasteiger partial charge < -0.3 is 9.80 Å². The SMILES string of the molecule is CCS(=O)(=O)NC1CCC(CN2CCC(Cc3cc(-c4ccc(F)cc4C(=O)N(CC(F)F)C(C)C)c4cnn(C)c4c3)C2)CC1. The number of fused-ring (bicyclic) bond motifs is 1. The lowest BCUT2D eigenvalue weighted by atomic mass is 9.86. The van der Waals surface area contributed by atoms with Gasteiger partial charge in [-0.05, 0) is 113 Å². The lowest BCUT2D eigenvalue weighted by molar-refractivity contribution is 0.0476. The molecule has 1 saturated carbocycles. The lowest BCUT2D eigenvalue weighted by Crippen LogP contribution is -2.40. The van der Waals surface area contributed by atoms with E-state index in [1.807, 2.05) is 13.1 Å². The Labute approximate surface area is 270 Å². The van der Waals surface area contributed by atoms with Gasteiger partial charge in [0.25, 0.3) is 12.3 Å². The quantitative estimate of drug-likeness (QED) is 0.263. The van der Waals surface area contributed by atoms with E-state index in [0.717, 1.165) is 91.2 Å². The van der Waals surface area contributed by atoms with E-state index in [-0.39, 0.29) is 17.4 Å². The predicted octanol–water partition coefficient (Wildman–Crippen LogP) is 5.86. The van der Waals surface area contributed by atoms with Crippen LogP contribution in [0.3, 0.4) is 0 Å². The zero-order chi connectivity index (χ0) is 33.2. The summed E-state index contributed by atoms with van der Waals surface area (Å²) < 4.78 is 69.9. The van der Waals surface area contributed by atoms with Crippen molar-refractivity contribution >= 4 is 26.8 Å². The number of halogens is 3. The van der Waals surface area contributed by atoms with Gasteiger partial charge in [-0.3, -0.25) is 9.48 Å². The summed E-state index contributed by atoms with van der Waals surface area (Å²) >= 11 is 0. The summed E-state index contributed by atoms with van der Waals surface area (Å²) in [6, 6.07) is 7.73. The molecule has 3 aromatic rings. The first-order valence-corrected chi connectivity index (χ1v) is 18.0. The molecule has 46 heavy (non-hydrogen) atoms. The maximum absolute atomic E-state index is 14.6. The topological polar surface area (TPSA) is 87.5 Å². The van der Waals surface area contributed by atoms with Gasteiger partial charge in [0.15, 0.2) is 0 Å². The molecule has 1 N–H and O–H groups in total. The highest BCUT2D eigenvalue weighted by atomic mass is 32.2. The van der Waals surface area contributed by atoms with E-state index in [0.29, 0.717) is 17.4 Å². The number of carbonyl (C=O) groups excluding carboxylic acids is 1. The highest BCUT2D eigenvalue weighted by Crippen LogP contribution is 2.35. The maximum atomic E-state index is 14.6. The number of sulfonamides is 1. The van der Waals surface area contributed by atoms with Crippen LogP contribution in [0.5, 0.6) is 0 Å². The minimum absolute atomic E-state index is 0.0401. The summed E-state index contributed by atoms with van der Waals surface area (Å²) in [4.78, 5) is 17.3. The standard InChI is InChI=1S/C34H46F3N5O3S/c1-5-46(44,45)39-27-9-6-23(7-10-27)19-41-13-12-24(20-41)14-25-15-29(31-18-38-40(4)32(31)16-25)28-11-8-26(35)17-30(28)34(43)42(22(2)3)21-33(36)37/h8,11,15-18,22-24,27,33,39H,5-7,9-10,12-14,19-21H2,1-4H3. The second kappa shape index (κ2) is 14.4. The van der Waals surface area contributed by atoms with Crippen LogP contribution < -0.4 is 4.72 Å². The Morgan fingerprint density at radius 1 is 1.07 bits per heavy atom. The normalized spacial score (nSPS) is 21.1. The molecule has 5 rings (SSSR count). The van der Waals surface area contributed by atoms with Crippen LogP contribution in [0.2, 0.25) is 0 Å². The molecule has 0 bridgehead atoms. The molecule has 2 aliphatic rings. The lowest BCUT2D eigenvalue weighted by Gasteiger charge is -2.31. The highest BCUT2D eigenvalue weighted by Gasteiger charge is 2.30. The number of nitrogens with zero attached hydrogens (tertiary/aromatic N) is 4. The minimum Gasteiger partial charge on any atom is -0.330 e. The third-order valence-corrected chi connectivity index (χ3v) is 11.1. The molecule has 0 spiro atoms. The van der Waals surface area contributed by atoms with Crippen molar-refractivity contribution in [3.63, 3.8) is 0 Å². The van der Waals surface area contributed by atoms with Gasteiger partial charge in [0.05, 0.1) is 29.6 Å². The number of benzene rings is 2. The molecule has 2 fully saturated rings. The second-order valence-electron chi connectivity index (χ2n) is 13.3. The minimum atomic E-state index is -3.18. The van der Waals surface area contributed by atoms with E-state index in [4.69, 9.17) is 0 Å². The molecule has 1 unspecified atom stereocenters. The number of amides is 1. The van der Waals surface area contributed by atoms with E-state index in [1.54, 1.807) is 37.7 Å². The Bertz CT molecular complexity index is 1640. The third-order valence-electron chi connectivity index (χ3n) is 9.63. The number of aromatic nitrogens is 2. The fourth-order valence-corrected chi connectivity index (χ4v) is 8.06. The molecule has 1 aliphatic carbocycles. The van der Waals surface area contributed by atoms with Crippen LogP contribution in [0.1, 0.15) is 68.8 Å². The second-order valence-corrected chi connectivity index (χ2v) is 15.4. The van der Waals surface area contributed by atoms with Gasteiger partial charge in [0.1, 0.15) is 5.82 Å². The van der Waals surface area contributed by atoms with Crippen LogP contribution in [0, 0.1) is 17.7 Å². The van der Waals surface area contributed by atoms with Crippen molar-refractivity contribution in [1.29, 1.82) is 0 Å². The highest BCUT2D eigenvalue weighted by molar-refractivity contribution is 7.89. The van der Waals surface area contributed by atoms with Crippen molar-refractivity contribution in [3.05, 3.63) is 53.5 Å². The first-order chi connectivity index (χ1) is 21.8. The fourth-order valence-electron chi connectivity index (χ4n) is 7.15. The van der Waals surface area contributed by atoms with Crippen LogP contribution in [0.25, 0.3) is 22.0 Å². The van der Waals surface area contributed by atoms with Crippen molar-refractivity contribution in [2.24, 2.45) is 18.9 Å². The average molecular weight is 662 g/mol. The van der Waals surface area contributed by atoms with Crippen LogP contribution in [0.4, 0.5) is 13.2 Å². The Balaban J connectivity index is 1.33. The van der Waals surface area contributed by atoms with E-state index < -0.39 is 40.8 Å². The van der Waals surface area contributed by atoms with Crippen LogP contribution in [0.15, 0.2) is 36.5 Å². The molecular formula is C34H46F3N5O3S. The number of carbonyl (C=O) groups is 1. The number of alkyl halides is 2. The Morgan fingerprint density at radius 2 is 1.80 bits per heavy atom. The molecule has 252 valence electrons. The zero-order valence-corrected chi connectivity index (χ0v) is 28.0. The van der Waals surface area contributed by atoms with Crippen molar-refractivity contribution in [1.82, 2.24) is 24.3 Å². The molecule has 1 amide bonds. The third kappa shape index (κ3) is 8.12. The molecule has 1 aliphatic heterocycles. The van der Waals surface area contributed by atoms with E-state index in [2.05, 4.69) is 20.8 Å². The van der Waals surface area contributed by atoms with E-state index in [9.17, 15) is 26.4 Å². The smallest absolute Gasteiger partial charge is 0.255 e. The van der Waals surface area contributed by atoms with Gasteiger partial charge in [0, 0.05) is 37.6 Å². The fraction of sp³-hybridized carbons (Fsp3) is 0.588. The summed E-state index contributed by atoms with van der Waals surface area (Å²) in [6.07, 6.45) is 4.68. The average Bonchev–Trinajstić information content (AvgIpc) is 3.61. The summed E-state index contributed by atoms with van der Waals surface area (Å²) in [5, 5.41) is 5.27. The van der Waals surface area contributed by atoms with Gasteiger partial charge >= 0.3 is 0 Å². The van der Waals surface area contributed by atoms with Gasteiger partial charge in [-0.15, -0.1) is 0 Å². The summed E-state index contributed by atoms with van der Waals surface area (Å²) in [5.74, 6) is -0.131. The van der Waals surface area contributed by atoms with Crippen molar-refractivity contribution < 1.29 is 26.4 Å². The van der Waals surface area contributed by atoms with E-state index >= 15 is 0 Å². The number of nitrogens with one attached hydrogen (secondary N) is 1. The number of likely N-dealkylation sites (tertiary alicyclic amines) is 1. The van der Waals surface area contributed by atoms with Gasteiger partial charge in [-0.25, -0.2) is 26.3 Å². The molecule has 1 saturated heterocycles. The number of hydrogen-bond donors (Lipinski definition) is 1. The molecule has 12 heteroatoms. The molecule has 2 aromatic carbocycles. The number of rotatable bonds is 12. The largest absolute Gasteiger partial charge is 0.330 e. The van der Waals surface area contributed by atoms with Gasteiger partial charge in [0.2, 0.25) is 10.0 Å². The number of aryl methyl sites for hydroxylation is 1. The first kappa shape index (κ1) is 34.4. The van der Waals surface area contributed by atoms with Crippen molar-refractivity contribution in [3.8, 4) is 11.1 Å². The van der Waals surface area contributed by atoms with Crippen molar-refractivity contribution in [2.45, 2.75) is 77.8 Å². The molecule has 8 nitrogen and oxygen atoms in total. The monoisotopic (exact) mass is 661 g/mol. The Morgan fingerprint density at radius 3 is 2.48 bits per heavy atom. The maximum Gasteiger partial charge on any atom is 0.255 e. The van der Waals surface area contributed by atoms with Gasteiger partial charge in [-0.1, -0.05) is 12.1 Å². The molecule has 1 aromatic heterocycles. The molecular weight excluding hydrogens is 615 g/mol. The van der Waals surface area contributed by atoms with Crippen LogP contribution in [-0.2, 0) is 23.5 Å². The molecule has 0 radical (unpaired) electrons. The van der Waals surface area contributed by atoms with Gasteiger partial charge in [-0.2, -0.15) is 5.10 Å². The zero-order valence-electron chi connectivity index (χ0n) is 27.2. The first-order valence-electron chi connectivity index (χ1n) is 16.4. The van der Waals surface area contributed by atoms with Crippen LogP contribution in [-0.4, -0.2) is 84.3 Å². The number of hydrogen-bond acceptors (Lipinski definition) is 5. The summed E-state index contributed by atoms with van der Waals surface area (Å²) in [7, 11) is -1.32. The van der Waals surface area contributed by atoms with E-state index in [1.165, 1.54) is 6.07 Å². The Kier molecular flexibility index (Phi) is 10.8. The van der Waals surface area contributed by atoms with Crippen molar-refractivity contribution in [2.75, 3.05) is 31.9 Å². The summed E-state index contributed by atoms with van der Waals surface area (Å²) in [5.41, 5.74) is 3.25. The van der Waals surface area contributed by atoms with Crippen LogP contribution >= 0.6 is 0 Å². The predicted molar refractivity (Wildman–Crippen MR) is 175 cm³/mol. The molecule has 2 heterocycles. The summed E-state index contributed by atoms with van der Waals surface area (Å²) in [6.45, 7) is 7.28. The Hall–Kier alpha value is -2.96. The molecule has 1 atom stereocenters.